The lowest BCUT2D eigenvalue weighted by Crippen LogP contribution is -2.31. The molecule has 0 radical (unpaired) electrons. The van der Waals surface area contributed by atoms with Crippen molar-refractivity contribution in [3.8, 4) is 0 Å². The summed E-state index contributed by atoms with van der Waals surface area (Å²) in [5, 5.41) is 6.02. The summed E-state index contributed by atoms with van der Waals surface area (Å²) in [6, 6.07) is 12.3. The molecule has 2 aromatic rings. The summed E-state index contributed by atoms with van der Waals surface area (Å²) >= 11 is 0. The Morgan fingerprint density at radius 1 is 1.07 bits per heavy atom. The van der Waals surface area contributed by atoms with E-state index in [1.165, 1.54) is 24.3 Å². The number of benzene rings is 2. The maximum Gasteiger partial charge on any atom is 0.269 e. The predicted molar refractivity (Wildman–Crippen MR) is 97.7 cm³/mol. The van der Waals surface area contributed by atoms with Gasteiger partial charge in [-0.25, -0.2) is 8.78 Å². The van der Waals surface area contributed by atoms with Crippen LogP contribution in [0.3, 0.4) is 0 Å². The number of rotatable bonds is 4. The Hall–Kier alpha value is -3.41. The van der Waals surface area contributed by atoms with Crippen LogP contribution in [0.5, 0.6) is 0 Å². The van der Waals surface area contributed by atoms with Gasteiger partial charge in [0.05, 0.1) is 5.70 Å². The Kier molecular flexibility index (Phi) is 4.46. The Labute approximate surface area is 155 Å². The van der Waals surface area contributed by atoms with Crippen molar-refractivity contribution in [2.75, 3.05) is 0 Å². The number of hydrogen-bond acceptors (Lipinski definition) is 3. The third kappa shape index (κ3) is 3.46. The van der Waals surface area contributed by atoms with Crippen LogP contribution in [0.25, 0.3) is 0 Å². The summed E-state index contributed by atoms with van der Waals surface area (Å²) < 4.78 is 26.5. The molecule has 4 rings (SSSR count). The van der Waals surface area contributed by atoms with E-state index < -0.39 is 0 Å². The minimum Gasteiger partial charge on any atom is -0.355 e. The van der Waals surface area contributed by atoms with Crippen molar-refractivity contribution in [1.29, 1.82) is 0 Å². The topological polar surface area (TPSA) is 44.4 Å². The average molecular weight is 365 g/mol. The van der Waals surface area contributed by atoms with E-state index in [4.69, 9.17) is 0 Å². The van der Waals surface area contributed by atoms with Gasteiger partial charge in [0.25, 0.3) is 5.91 Å². The van der Waals surface area contributed by atoms with Crippen molar-refractivity contribution in [3.05, 3.63) is 107 Å². The van der Waals surface area contributed by atoms with Crippen molar-refractivity contribution in [3.63, 3.8) is 0 Å². The first-order valence-corrected chi connectivity index (χ1v) is 8.54. The highest BCUT2D eigenvalue weighted by Gasteiger charge is 2.33. The molecule has 0 aliphatic carbocycles. The summed E-state index contributed by atoms with van der Waals surface area (Å²) in [7, 11) is 0. The highest BCUT2D eigenvalue weighted by Crippen LogP contribution is 2.33. The molecule has 0 fully saturated rings. The van der Waals surface area contributed by atoms with E-state index in [9.17, 15) is 13.6 Å². The largest absolute Gasteiger partial charge is 0.355 e. The van der Waals surface area contributed by atoms with Gasteiger partial charge >= 0.3 is 0 Å². The van der Waals surface area contributed by atoms with Crippen LogP contribution in [0.2, 0.25) is 0 Å². The van der Waals surface area contributed by atoms with Crippen molar-refractivity contribution < 1.29 is 13.6 Å². The van der Waals surface area contributed by atoms with E-state index in [0.717, 1.165) is 11.3 Å². The van der Waals surface area contributed by atoms with Gasteiger partial charge in [-0.2, -0.15) is 0 Å². The summed E-state index contributed by atoms with van der Waals surface area (Å²) in [6.07, 6.45) is 7.11. The van der Waals surface area contributed by atoms with E-state index in [-0.39, 0.29) is 30.3 Å². The Balaban J connectivity index is 1.54. The van der Waals surface area contributed by atoms with Gasteiger partial charge in [-0.15, -0.1) is 0 Å². The Morgan fingerprint density at radius 2 is 1.89 bits per heavy atom. The zero-order valence-electron chi connectivity index (χ0n) is 14.3. The monoisotopic (exact) mass is 365 g/mol. The molecule has 0 bridgehead atoms. The molecule has 1 unspecified atom stereocenters. The molecule has 0 spiro atoms. The number of hydrogen-bond donors (Lipinski definition) is 2. The number of carbonyl (C=O) groups is 1. The first-order valence-electron chi connectivity index (χ1n) is 8.54. The average Bonchev–Trinajstić information content (AvgIpc) is 3.07. The third-order valence-corrected chi connectivity index (χ3v) is 4.46. The molecule has 2 aliphatic heterocycles. The second-order valence-corrected chi connectivity index (χ2v) is 6.28. The molecule has 1 amide bonds. The standard InChI is InChI=1S/C21H17F2N3O/c22-16-9-7-15(8-10-16)20-25-19(18-6-1-2-11-26(18)20)21(27)24-13-14-4-3-5-17(23)12-14/h1-12,20,25H,13H2,(H,24,27). The normalized spacial score (nSPS) is 17.7. The maximum absolute atomic E-state index is 13.3. The van der Waals surface area contributed by atoms with Crippen LogP contribution in [-0.2, 0) is 11.3 Å². The number of nitrogens with one attached hydrogen (secondary N) is 2. The van der Waals surface area contributed by atoms with E-state index in [1.54, 1.807) is 24.3 Å². The second kappa shape index (κ2) is 7.07. The Morgan fingerprint density at radius 3 is 2.67 bits per heavy atom. The van der Waals surface area contributed by atoms with Gasteiger partial charge in [-0.1, -0.05) is 30.3 Å². The SMILES string of the molecule is O=C(NCc1cccc(F)c1)C1=C2C=CC=CN2C(c2ccc(F)cc2)N1. The van der Waals surface area contributed by atoms with Crippen LogP contribution in [0.4, 0.5) is 8.78 Å². The maximum atomic E-state index is 13.3. The first-order chi connectivity index (χ1) is 13.1. The van der Waals surface area contributed by atoms with Crippen LogP contribution < -0.4 is 10.6 Å². The van der Waals surface area contributed by atoms with Gasteiger partial charge in [-0.3, -0.25) is 4.79 Å². The van der Waals surface area contributed by atoms with Crippen LogP contribution in [0.15, 0.2) is 84.4 Å². The minimum atomic E-state index is -0.342. The molecular formula is C21H17F2N3O. The highest BCUT2D eigenvalue weighted by atomic mass is 19.1. The van der Waals surface area contributed by atoms with Crippen molar-refractivity contribution in [2.24, 2.45) is 0 Å². The van der Waals surface area contributed by atoms with Gasteiger partial charge in [0.15, 0.2) is 0 Å². The summed E-state index contributed by atoms with van der Waals surface area (Å²) in [5.41, 5.74) is 2.66. The first kappa shape index (κ1) is 17.0. The lowest BCUT2D eigenvalue weighted by Gasteiger charge is -2.26. The zero-order valence-corrected chi connectivity index (χ0v) is 14.3. The number of fused-ring (bicyclic) bond motifs is 1. The van der Waals surface area contributed by atoms with Crippen LogP contribution >= 0.6 is 0 Å². The number of carbonyl (C=O) groups excluding carboxylic acids is 1. The summed E-state index contributed by atoms with van der Waals surface area (Å²) in [4.78, 5) is 14.6. The fraction of sp³-hybridized carbons (Fsp3) is 0.0952. The van der Waals surface area contributed by atoms with E-state index >= 15 is 0 Å². The second-order valence-electron chi connectivity index (χ2n) is 6.28. The molecular weight excluding hydrogens is 348 g/mol. The molecule has 0 saturated carbocycles. The van der Waals surface area contributed by atoms with Crippen molar-refractivity contribution in [2.45, 2.75) is 12.7 Å². The predicted octanol–water partition coefficient (Wildman–Crippen LogP) is 3.48. The van der Waals surface area contributed by atoms with Crippen LogP contribution in [-0.4, -0.2) is 10.8 Å². The van der Waals surface area contributed by atoms with Gasteiger partial charge in [0, 0.05) is 12.7 Å². The fourth-order valence-corrected chi connectivity index (χ4v) is 3.16. The fourth-order valence-electron chi connectivity index (χ4n) is 3.16. The number of nitrogens with zero attached hydrogens (tertiary/aromatic N) is 1. The zero-order chi connectivity index (χ0) is 18.8. The van der Waals surface area contributed by atoms with Gasteiger partial charge in [-0.05, 0) is 47.5 Å². The molecule has 0 aromatic heterocycles. The third-order valence-electron chi connectivity index (χ3n) is 4.46. The van der Waals surface area contributed by atoms with Crippen LogP contribution in [0, 0.1) is 11.6 Å². The highest BCUT2D eigenvalue weighted by molar-refractivity contribution is 5.94. The van der Waals surface area contributed by atoms with Gasteiger partial charge in [0.2, 0.25) is 0 Å². The number of amides is 1. The molecule has 2 aromatic carbocycles. The molecule has 1 atom stereocenters. The van der Waals surface area contributed by atoms with E-state index in [1.807, 2.05) is 29.3 Å². The number of halogens is 2. The van der Waals surface area contributed by atoms with Gasteiger partial charge in [0.1, 0.15) is 23.5 Å². The van der Waals surface area contributed by atoms with Crippen molar-refractivity contribution >= 4 is 5.91 Å². The lowest BCUT2D eigenvalue weighted by molar-refractivity contribution is -0.118. The lowest BCUT2D eigenvalue weighted by atomic mass is 10.1. The molecule has 2 aliphatic rings. The van der Waals surface area contributed by atoms with Crippen molar-refractivity contribution in [1.82, 2.24) is 15.5 Å². The molecule has 136 valence electrons. The Bertz CT molecular complexity index is 964. The van der Waals surface area contributed by atoms with E-state index in [0.29, 0.717) is 11.3 Å². The summed E-state index contributed by atoms with van der Waals surface area (Å²) in [6.45, 7) is 0.218. The minimum absolute atomic E-state index is 0.218. The molecule has 4 nitrogen and oxygen atoms in total. The number of allylic oxidation sites excluding steroid dienone is 3. The quantitative estimate of drug-likeness (QED) is 0.872. The molecule has 2 heterocycles. The van der Waals surface area contributed by atoms with Gasteiger partial charge < -0.3 is 15.5 Å². The summed E-state index contributed by atoms with van der Waals surface area (Å²) in [5.74, 6) is -0.943. The smallest absolute Gasteiger partial charge is 0.269 e. The molecule has 2 N–H and O–H groups in total. The van der Waals surface area contributed by atoms with Crippen LogP contribution in [0.1, 0.15) is 17.3 Å². The molecule has 27 heavy (non-hydrogen) atoms. The van der Waals surface area contributed by atoms with E-state index in [2.05, 4.69) is 10.6 Å². The molecule has 6 heteroatoms. The molecule has 0 saturated heterocycles.